The van der Waals surface area contributed by atoms with Crippen LogP contribution in [-0.4, -0.2) is 65.7 Å². The molecule has 0 spiro atoms. The first-order valence-electron chi connectivity index (χ1n) is 9.49. The normalized spacial score (nSPS) is 38.0. The number of fused-ring (bicyclic) bond motifs is 2. The van der Waals surface area contributed by atoms with E-state index in [-0.39, 0.29) is 6.04 Å². The Labute approximate surface area is 148 Å². The Morgan fingerprint density at radius 2 is 1.71 bits per heavy atom. The van der Waals surface area contributed by atoms with E-state index in [2.05, 4.69) is 23.9 Å². The van der Waals surface area contributed by atoms with E-state index in [0.29, 0.717) is 29.4 Å². The minimum Gasteiger partial charge on any atom is -0.309 e. The van der Waals surface area contributed by atoms with E-state index >= 15 is 0 Å². The number of thioether (sulfide) groups is 1. The van der Waals surface area contributed by atoms with Crippen molar-refractivity contribution in [2.24, 2.45) is 5.92 Å². The number of hydrogen-bond donors (Lipinski definition) is 0. The predicted molar refractivity (Wildman–Crippen MR) is 94.5 cm³/mol. The van der Waals surface area contributed by atoms with Crippen molar-refractivity contribution in [1.82, 2.24) is 9.80 Å². The highest BCUT2D eigenvalue weighted by Gasteiger charge is 2.51. The van der Waals surface area contributed by atoms with Crippen molar-refractivity contribution in [2.75, 3.05) is 27.2 Å². The van der Waals surface area contributed by atoms with Gasteiger partial charge < -0.3 is 4.90 Å². The SMILES string of the molecule is CN(C)CCCN1C2CCCCC2SC2CCC(C(F)(F)F)CC21. The van der Waals surface area contributed by atoms with Gasteiger partial charge in [0.1, 0.15) is 0 Å². The highest BCUT2D eigenvalue weighted by atomic mass is 32.2. The molecule has 24 heavy (non-hydrogen) atoms. The Balaban J connectivity index is 1.72. The number of halogens is 3. The molecule has 5 atom stereocenters. The Kier molecular flexibility index (Phi) is 6.08. The van der Waals surface area contributed by atoms with Gasteiger partial charge in [0.25, 0.3) is 0 Å². The summed E-state index contributed by atoms with van der Waals surface area (Å²) in [5, 5.41) is 1.07. The lowest BCUT2D eigenvalue weighted by Gasteiger charge is -2.54. The lowest BCUT2D eigenvalue weighted by molar-refractivity contribution is -0.187. The molecule has 2 saturated carbocycles. The molecule has 0 radical (unpaired) electrons. The predicted octanol–water partition coefficient (Wildman–Crippen LogP) is 4.40. The van der Waals surface area contributed by atoms with Crippen LogP contribution in [0.3, 0.4) is 0 Å². The van der Waals surface area contributed by atoms with Crippen molar-refractivity contribution in [3.8, 4) is 0 Å². The van der Waals surface area contributed by atoms with E-state index in [1.165, 1.54) is 25.7 Å². The molecule has 2 aliphatic carbocycles. The van der Waals surface area contributed by atoms with Gasteiger partial charge in [-0.3, -0.25) is 4.90 Å². The van der Waals surface area contributed by atoms with E-state index in [4.69, 9.17) is 0 Å². The Morgan fingerprint density at radius 3 is 2.42 bits per heavy atom. The maximum Gasteiger partial charge on any atom is 0.391 e. The van der Waals surface area contributed by atoms with Gasteiger partial charge in [-0.1, -0.05) is 12.8 Å². The molecule has 0 aromatic heterocycles. The molecule has 0 bridgehead atoms. The second kappa shape index (κ2) is 7.75. The highest BCUT2D eigenvalue weighted by molar-refractivity contribution is 8.00. The molecular formula is C18H31F3N2S. The highest BCUT2D eigenvalue weighted by Crippen LogP contribution is 2.49. The molecule has 3 fully saturated rings. The molecule has 1 aliphatic heterocycles. The molecule has 0 N–H and O–H groups in total. The molecule has 1 saturated heterocycles. The average Bonchev–Trinajstić information content (AvgIpc) is 2.52. The van der Waals surface area contributed by atoms with Gasteiger partial charge in [-0.2, -0.15) is 24.9 Å². The second-order valence-corrected chi connectivity index (χ2v) is 9.56. The minimum absolute atomic E-state index is 0.136. The summed E-state index contributed by atoms with van der Waals surface area (Å²) < 4.78 is 39.9. The molecule has 3 aliphatic rings. The van der Waals surface area contributed by atoms with Gasteiger partial charge in [0.05, 0.1) is 5.92 Å². The van der Waals surface area contributed by atoms with E-state index in [1.54, 1.807) is 0 Å². The molecule has 140 valence electrons. The van der Waals surface area contributed by atoms with Crippen LogP contribution in [0.1, 0.15) is 51.4 Å². The first-order valence-corrected chi connectivity index (χ1v) is 10.4. The zero-order valence-electron chi connectivity index (χ0n) is 14.9. The van der Waals surface area contributed by atoms with Crippen LogP contribution in [0.4, 0.5) is 13.2 Å². The average molecular weight is 365 g/mol. The summed E-state index contributed by atoms with van der Waals surface area (Å²) in [6.45, 7) is 1.98. The minimum atomic E-state index is -4.02. The topological polar surface area (TPSA) is 6.48 Å². The van der Waals surface area contributed by atoms with Crippen molar-refractivity contribution in [1.29, 1.82) is 0 Å². The first-order chi connectivity index (χ1) is 11.4. The second-order valence-electron chi connectivity index (χ2n) is 8.08. The van der Waals surface area contributed by atoms with Crippen LogP contribution in [0.25, 0.3) is 0 Å². The molecular weight excluding hydrogens is 333 g/mol. The van der Waals surface area contributed by atoms with Crippen molar-refractivity contribution < 1.29 is 13.2 Å². The summed E-state index contributed by atoms with van der Waals surface area (Å²) in [5.41, 5.74) is 0. The maximum atomic E-state index is 13.3. The Morgan fingerprint density at radius 1 is 1.00 bits per heavy atom. The third kappa shape index (κ3) is 4.24. The molecule has 3 rings (SSSR count). The quantitative estimate of drug-likeness (QED) is 0.730. The van der Waals surface area contributed by atoms with E-state index in [9.17, 15) is 13.2 Å². The van der Waals surface area contributed by atoms with Gasteiger partial charge in [-0.05, 0) is 59.2 Å². The van der Waals surface area contributed by atoms with Crippen LogP contribution < -0.4 is 0 Å². The fourth-order valence-electron chi connectivity index (χ4n) is 4.91. The molecule has 5 unspecified atom stereocenters. The van der Waals surface area contributed by atoms with Crippen molar-refractivity contribution in [3.05, 3.63) is 0 Å². The van der Waals surface area contributed by atoms with Crippen LogP contribution in [-0.2, 0) is 0 Å². The fraction of sp³-hybridized carbons (Fsp3) is 1.00. The third-order valence-electron chi connectivity index (χ3n) is 6.11. The van der Waals surface area contributed by atoms with Gasteiger partial charge in [0, 0.05) is 29.1 Å². The third-order valence-corrected chi connectivity index (χ3v) is 7.91. The van der Waals surface area contributed by atoms with Crippen LogP contribution >= 0.6 is 11.8 Å². The number of nitrogens with zero attached hydrogens (tertiary/aromatic N) is 2. The maximum absolute atomic E-state index is 13.3. The van der Waals surface area contributed by atoms with Crippen molar-refractivity contribution in [3.63, 3.8) is 0 Å². The summed E-state index contributed by atoms with van der Waals surface area (Å²) in [7, 11) is 4.14. The number of hydrogen-bond acceptors (Lipinski definition) is 3. The molecule has 0 aromatic rings. The van der Waals surface area contributed by atoms with Crippen molar-refractivity contribution in [2.45, 2.75) is 80.1 Å². The fourth-order valence-corrected chi connectivity index (χ4v) is 6.86. The van der Waals surface area contributed by atoms with Gasteiger partial charge >= 0.3 is 6.18 Å². The zero-order chi connectivity index (χ0) is 17.3. The van der Waals surface area contributed by atoms with Gasteiger partial charge in [-0.15, -0.1) is 0 Å². The standard InChI is InChI=1S/C18H31F3N2S/c1-22(2)10-5-11-23-14-6-3-4-7-16(14)24-17-9-8-13(12-15(17)23)18(19,20)21/h13-17H,3-12H2,1-2H3. The summed E-state index contributed by atoms with van der Waals surface area (Å²) >= 11 is 2.04. The Hall–Kier alpha value is 0.0600. The summed E-state index contributed by atoms with van der Waals surface area (Å²) in [5.74, 6) is -1.09. The largest absolute Gasteiger partial charge is 0.391 e. The van der Waals surface area contributed by atoms with Crippen LogP contribution in [0, 0.1) is 5.92 Å². The molecule has 1 heterocycles. The van der Waals surface area contributed by atoms with E-state index in [1.807, 2.05) is 11.8 Å². The molecule has 0 aromatic carbocycles. The summed E-state index contributed by atoms with van der Waals surface area (Å²) in [6, 6.07) is 0.649. The first kappa shape index (κ1) is 18.8. The molecule has 0 amide bonds. The monoisotopic (exact) mass is 364 g/mol. The van der Waals surface area contributed by atoms with Crippen LogP contribution in [0.5, 0.6) is 0 Å². The molecule has 6 heteroatoms. The smallest absolute Gasteiger partial charge is 0.309 e. The van der Waals surface area contributed by atoms with E-state index < -0.39 is 12.1 Å². The van der Waals surface area contributed by atoms with Crippen molar-refractivity contribution >= 4 is 11.8 Å². The number of rotatable bonds is 4. The van der Waals surface area contributed by atoms with Crippen LogP contribution in [0.15, 0.2) is 0 Å². The summed E-state index contributed by atoms with van der Waals surface area (Å²) in [6.07, 6.45) is 3.41. The summed E-state index contributed by atoms with van der Waals surface area (Å²) in [4.78, 5) is 4.69. The van der Waals surface area contributed by atoms with Gasteiger partial charge in [-0.25, -0.2) is 0 Å². The Bertz CT molecular complexity index is 416. The van der Waals surface area contributed by atoms with Gasteiger partial charge in [0.15, 0.2) is 0 Å². The lowest BCUT2D eigenvalue weighted by Crippen LogP contribution is -2.60. The number of alkyl halides is 3. The zero-order valence-corrected chi connectivity index (χ0v) is 15.7. The van der Waals surface area contributed by atoms with Gasteiger partial charge in [0.2, 0.25) is 0 Å². The van der Waals surface area contributed by atoms with Crippen LogP contribution in [0.2, 0.25) is 0 Å². The lowest BCUT2D eigenvalue weighted by atomic mass is 9.81. The molecule has 2 nitrogen and oxygen atoms in total. The van der Waals surface area contributed by atoms with E-state index in [0.717, 1.165) is 25.9 Å².